The number of benzene rings is 2. The predicted molar refractivity (Wildman–Crippen MR) is 129 cm³/mol. The number of anilines is 1. The third-order valence-electron chi connectivity index (χ3n) is 4.59. The van der Waals surface area contributed by atoms with E-state index in [2.05, 4.69) is 19.2 Å². The molecule has 0 aromatic heterocycles. The van der Waals surface area contributed by atoms with E-state index in [1.807, 2.05) is 25.7 Å². The zero-order valence-corrected chi connectivity index (χ0v) is 21.0. The van der Waals surface area contributed by atoms with Gasteiger partial charge in [-0.2, -0.15) is 8.42 Å². The quantitative estimate of drug-likeness (QED) is 0.525. The molecule has 7 nitrogen and oxygen atoms in total. The van der Waals surface area contributed by atoms with Gasteiger partial charge in [0, 0.05) is 32.1 Å². The van der Waals surface area contributed by atoms with Gasteiger partial charge in [0.15, 0.2) is 0 Å². The average molecular weight is 475 g/mol. The minimum absolute atomic E-state index is 0.0171. The number of hydrogen-bond acceptors (Lipinski definition) is 5. The van der Waals surface area contributed by atoms with E-state index in [1.165, 1.54) is 31.2 Å². The number of amides is 2. The SMILES string of the molecule is CC(=O)Nc1ccc(S(=O)(=O)Oc2ccc(CN(CC(C)C)C(=O)CC(C)(C)C)cc2)cc1. The molecule has 0 saturated heterocycles. The monoisotopic (exact) mass is 474 g/mol. The molecule has 8 heteroatoms. The number of nitrogens with one attached hydrogen (secondary N) is 1. The lowest BCUT2D eigenvalue weighted by Crippen LogP contribution is -2.35. The maximum Gasteiger partial charge on any atom is 0.339 e. The Labute approximate surface area is 197 Å². The smallest absolute Gasteiger partial charge is 0.339 e. The first-order chi connectivity index (χ1) is 15.2. The number of carbonyl (C=O) groups is 2. The Hall–Kier alpha value is -2.87. The van der Waals surface area contributed by atoms with Gasteiger partial charge >= 0.3 is 10.1 Å². The summed E-state index contributed by atoms with van der Waals surface area (Å²) in [5.41, 5.74) is 1.29. The molecular weight excluding hydrogens is 440 g/mol. The van der Waals surface area contributed by atoms with Crippen LogP contribution in [0.4, 0.5) is 5.69 Å². The van der Waals surface area contributed by atoms with Crippen LogP contribution >= 0.6 is 0 Å². The van der Waals surface area contributed by atoms with Gasteiger partial charge in [0.1, 0.15) is 10.6 Å². The summed E-state index contributed by atoms with van der Waals surface area (Å²) in [7, 11) is -4.02. The van der Waals surface area contributed by atoms with Crippen LogP contribution in [0.5, 0.6) is 5.75 Å². The Balaban J connectivity index is 2.10. The van der Waals surface area contributed by atoms with Gasteiger partial charge in [-0.1, -0.05) is 46.8 Å². The summed E-state index contributed by atoms with van der Waals surface area (Å²) in [6.45, 7) is 12.7. The molecule has 2 aromatic rings. The molecule has 0 bridgehead atoms. The van der Waals surface area contributed by atoms with E-state index >= 15 is 0 Å². The van der Waals surface area contributed by atoms with Crippen molar-refractivity contribution in [1.29, 1.82) is 0 Å². The van der Waals surface area contributed by atoms with Crippen LogP contribution < -0.4 is 9.50 Å². The molecule has 0 aliphatic carbocycles. The first-order valence-electron chi connectivity index (χ1n) is 10.9. The predicted octanol–water partition coefficient (Wildman–Crippen LogP) is 4.83. The lowest BCUT2D eigenvalue weighted by Gasteiger charge is -2.28. The second-order valence-electron chi connectivity index (χ2n) is 9.79. The number of nitrogens with zero attached hydrogens (tertiary/aromatic N) is 1. The van der Waals surface area contributed by atoms with E-state index in [4.69, 9.17) is 4.18 Å². The van der Waals surface area contributed by atoms with Crippen molar-refractivity contribution in [2.45, 2.75) is 59.4 Å². The van der Waals surface area contributed by atoms with E-state index in [1.54, 1.807) is 24.3 Å². The molecule has 33 heavy (non-hydrogen) atoms. The van der Waals surface area contributed by atoms with Crippen molar-refractivity contribution in [1.82, 2.24) is 4.90 Å². The summed E-state index contributed by atoms with van der Waals surface area (Å²) < 4.78 is 30.4. The lowest BCUT2D eigenvalue weighted by molar-refractivity contribution is -0.134. The second-order valence-corrected chi connectivity index (χ2v) is 11.3. The molecule has 0 atom stereocenters. The summed E-state index contributed by atoms with van der Waals surface area (Å²) in [4.78, 5) is 25.7. The Kier molecular flexibility index (Phi) is 8.66. The number of hydrogen-bond donors (Lipinski definition) is 1. The standard InChI is InChI=1S/C25H34N2O5S/c1-18(2)16-27(24(29)15-25(4,5)6)17-20-7-11-22(12-8-20)32-33(30,31)23-13-9-21(10-14-23)26-19(3)28/h7-14,18H,15-17H2,1-6H3,(H,26,28). The fraction of sp³-hybridized carbons (Fsp3) is 0.440. The molecular formula is C25H34N2O5S. The van der Waals surface area contributed by atoms with Crippen LogP contribution in [0.15, 0.2) is 53.4 Å². The molecule has 0 aliphatic heterocycles. The highest BCUT2D eigenvalue weighted by molar-refractivity contribution is 7.87. The van der Waals surface area contributed by atoms with Gasteiger partial charge in [-0.3, -0.25) is 9.59 Å². The van der Waals surface area contributed by atoms with Crippen molar-refractivity contribution < 1.29 is 22.2 Å². The molecule has 0 spiro atoms. The van der Waals surface area contributed by atoms with E-state index in [9.17, 15) is 18.0 Å². The van der Waals surface area contributed by atoms with Crippen molar-refractivity contribution in [2.75, 3.05) is 11.9 Å². The van der Waals surface area contributed by atoms with Crippen LogP contribution in [0.1, 0.15) is 53.5 Å². The first kappa shape index (κ1) is 26.4. The zero-order valence-electron chi connectivity index (χ0n) is 20.2. The average Bonchev–Trinajstić information content (AvgIpc) is 2.67. The van der Waals surface area contributed by atoms with E-state index in [-0.39, 0.29) is 27.9 Å². The zero-order chi connectivity index (χ0) is 24.8. The van der Waals surface area contributed by atoms with Gasteiger partial charge in [-0.25, -0.2) is 0 Å². The van der Waals surface area contributed by atoms with E-state index in [0.29, 0.717) is 31.1 Å². The number of rotatable bonds is 9. The first-order valence-corrected chi connectivity index (χ1v) is 12.3. The maximum atomic E-state index is 12.8. The molecule has 0 fully saturated rings. The summed E-state index contributed by atoms with van der Waals surface area (Å²) in [6, 6.07) is 12.4. The fourth-order valence-corrected chi connectivity index (χ4v) is 4.14. The van der Waals surface area contributed by atoms with Crippen LogP contribution in [-0.4, -0.2) is 31.7 Å². The highest BCUT2D eigenvalue weighted by Crippen LogP contribution is 2.23. The van der Waals surface area contributed by atoms with Crippen LogP contribution in [0.25, 0.3) is 0 Å². The van der Waals surface area contributed by atoms with E-state index < -0.39 is 10.1 Å². The van der Waals surface area contributed by atoms with Crippen molar-refractivity contribution in [3.8, 4) is 5.75 Å². The second kappa shape index (κ2) is 10.8. The van der Waals surface area contributed by atoms with Crippen LogP contribution in [-0.2, 0) is 26.3 Å². The Bertz CT molecular complexity index is 1050. The molecule has 0 unspecified atom stereocenters. The van der Waals surface area contributed by atoms with E-state index in [0.717, 1.165) is 5.56 Å². The molecule has 2 amide bonds. The van der Waals surface area contributed by atoms with Crippen molar-refractivity contribution >= 4 is 27.6 Å². The van der Waals surface area contributed by atoms with Crippen molar-refractivity contribution in [3.63, 3.8) is 0 Å². The lowest BCUT2D eigenvalue weighted by atomic mass is 9.91. The topological polar surface area (TPSA) is 92.8 Å². The maximum absolute atomic E-state index is 12.8. The molecule has 180 valence electrons. The summed E-state index contributed by atoms with van der Waals surface area (Å²) in [6.07, 6.45) is 0.458. The minimum atomic E-state index is -4.02. The molecule has 1 N–H and O–H groups in total. The highest BCUT2D eigenvalue weighted by atomic mass is 32.2. The fourth-order valence-electron chi connectivity index (χ4n) is 3.21. The highest BCUT2D eigenvalue weighted by Gasteiger charge is 2.22. The van der Waals surface area contributed by atoms with Crippen molar-refractivity contribution in [2.24, 2.45) is 11.3 Å². The Morgan fingerprint density at radius 1 is 1.00 bits per heavy atom. The van der Waals surface area contributed by atoms with Gasteiger partial charge in [-0.05, 0) is 53.3 Å². The molecule has 2 rings (SSSR count). The molecule has 0 aliphatic rings. The molecule has 2 aromatic carbocycles. The van der Waals surface area contributed by atoms with Gasteiger partial charge in [-0.15, -0.1) is 0 Å². The third-order valence-corrected chi connectivity index (χ3v) is 5.85. The third kappa shape index (κ3) is 8.88. The van der Waals surface area contributed by atoms with Gasteiger partial charge in [0.2, 0.25) is 11.8 Å². The minimum Gasteiger partial charge on any atom is -0.379 e. The van der Waals surface area contributed by atoms with Gasteiger partial charge in [0.05, 0.1) is 0 Å². The molecule has 0 heterocycles. The van der Waals surface area contributed by atoms with Gasteiger partial charge < -0.3 is 14.4 Å². The summed E-state index contributed by atoms with van der Waals surface area (Å²) in [5.74, 6) is 0.371. The van der Waals surface area contributed by atoms with Crippen LogP contribution in [0, 0.1) is 11.3 Å². The summed E-state index contributed by atoms with van der Waals surface area (Å²) >= 11 is 0. The van der Waals surface area contributed by atoms with Gasteiger partial charge in [0.25, 0.3) is 0 Å². The number of carbonyl (C=O) groups excluding carboxylic acids is 2. The normalized spacial score (nSPS) is 11.8. The van der Waals surface area contributed by atoms with Crippen molar-refractivity contribution in [3.05, 3.63) is 54.1 Å². The van der Waals surface area contributed by atoms with Crippen LogP contribution in [0.3, 0.4) is 0 Å². The Morgan fingerprint density at radius 2 is 1.58 bits per heavy atom. The largest absolute Gasteiger partial charge is 0.379 e. The molecule has 0 saturated carbocycles. The van der Waals surface area contributed by atoms with Crippen LogP contribution in [0.2, 0.25) is 0 Å². The molecule has 0 radical (unpaired) electrons. The Morgan fingerprint density at radius 3 is 2.06 bits per heavy atom. The summed E-state index contributed by atoms with van der Waals surface area (Å²) in [5, 5.41) is 2.58.